The predicted molar refractivity (Wildman–Crippen MR) is 113 cm³/mol. The van der Waals surface area contributed by atoms with Crippen LogP contribution >= 0.6 is 0 Å². The van der Waals surface area contributed by atoms with Crippen molar-refractivity contribution < 1.29 is 14.3 Å². The molecule has 0 aliphatic carbocycles. The van der Waals surface area contributed by atoms with Gasteiger partial charge in [0.15, 0.2) is 0 Å². The summed E-state index contributed by atoms with van der Waals surface area (Å²) in [5.74, 6) is -0.0804. The lowest BCUT2D eigenvalue weighted by atomic mass is 10.0. The van der Waals surface area contributed by atoms with Gasteiger partial charge in [0.2, 0.25) is 0 Å². The Balaban J connectivity index is 1.97. The highest BCUT2D eigenvalue weighted by Crippen LogP contribution is 2.11. The molecule has 0 aliphatic heterocycles. The Morgan fingerprint density at radius 2 is 1.83 bits per heavy atom. The minimum Gasteiger partial charge on any atom is -0.444 e. The minimum atomic E-state index is -0.570. The number of hydrogen-bond acceptors (Lipinski definition) is 4. The van der Waals surface area contributed by atoms with E-state index < -0.39 is 11.7 Å². The van der Waals surface area contributed by atoms with Crippen LogP contribution in [0.15, 0.2) is 36.5 Å². The topological polar surface area (TPSA) is 85.2 Å². The molecule has 1 aromatic heterocycles. The monoisotopic (exact) mass is 400 g/mol. The van der Waals surface area contributed by atoms with Crippen LogP contribution < -0.4 is 10.6 Å². The third-order valence-corrected chi connectivity index (χ3v) is 4.51. The second-order valence-electron chi connectivity index (χ2n) is 8.49. The predicted octanol–water partition coefficient (Wildman–Crippen LogP) is 3.52. The van der Waals surface area contributed by atoms with Crippen molar-refractivity contribution in [3.05, 3.63) is 53.3 Å². The molecule has 0 fully saturated rings. The van der Waals surface area contributed by atoms with E-state index in [9.17, 15) is 9.59 Å². The Kier molecular flexibility index (Phi) is 7.42. The summed E-state index contributed by atoms with van der Waals surface area (Å²) in [6.07, 6.45) is 1.09. The van der Waals surface area contributed by atoms with Crippen LogP contribution in [0.2, 0.25) is 0 Å². The van der Waals surface area contributed by atoms with E-state index in [0.717, 1.165) is 11.3 Å². The summed E-state index contributed by atoms with van der Waals surface area (Å²) in [6, 6.07) is 9.73. The molecule has 0 spiro atoms. The molecule has 7 nitrogen and oxygen atoms in total. The summed E-state index contributed by atoms with van der Waals surface area (Å²) in [5.41, 5.74) is 1.87. The Bertz CT molecular complexity index is 822. The van der Waals surface area contributed by atoms with Gasteiger partial charge >= 0.3 is 6.09 Å². The number of alkyl carbamates (subject to hydrolysis) is 1. The smallest absolute Gasteiger partial charge is 0.407 e. The molecule has 0 radical (unpaired) electrons. The largest absolute Gasteiger partial charge is 0.444 e. The molecule has 0 bridgehead atoms. The van der Waals surface area contributed by atoms with E-state index in [4.69, 9.17) is 4.74 Å². The highest BCUT2D eigenvalue weighted by Gasteiger charge is 2.23. The van der Waals surface area contributed by atoms with Gasteiger partial charge in [-0.1, -0.05) is 44.2 Å². The van der Waals surface area contributed by atoms with Gasteiger partial charge in [0.25, 0.3) is 5.91 Å². The molecule has 7 heteroatoms. The Labute approximate surface area is 172 Å². The van der Waals surface area contributed by atoms with Crippen LogP contribution in [0.25, 0.3) is 0 Å². The van der Waals surface area contributed by atoms with Crippen LogP contribution in [0.4, 0.5) is 4.79 Å². The number of benzene rings is 1. The summed E-state index contributed by atoms with van der Waals surface area (Å²) in [4.78, 5) is 24.7. The molecule has 1 aromatic carbocycles. The fraction of sp³-hybridized carbons (Fsp3) is 0.500. The molecule has 2 rings (SSSR count). The van der Waals surface area contributed by atoms with E-state index >= 15 is 0 Å². The highest BCUT2D eigenvalue weighted by atomic mass is 16.6. The maximum atomic E-state index is 12.7. The molecule has 2 amide bonds. The SMILES string of the molecule is Cc1c(C(=O)NCC(NC(=O)OC(C)(C)C)C(C)C)cnn1Cc1ccccc1. The van der Waals surface area contributed by atoms with Gasteiger partial charge in [-0.3, -0.25) is 9.48 Å². The zero-order chi connectivity index (χ0) is 21.6. The van der Waals surface area contributed by atoms with E-state index in [1.54, 1.807) is 6.20 Å². The summed E-state index contributed by atoms with van der Waals surface area (Å²) < 4.78 is 7.12. The number of hydrogen-bond donors (Lipinski definition) is 2. The van der Waals surface area contributed by atoms with Crippen molar-refractivity contribution in [1.29, 1.82) is 0 Å². The van der Waals surface area contributed by atoms with Crippen molar-refractivity contribution in [3.8, 4) is 0 Å². The number of carbonyl (C=O) groups is 2. The molecule has 2 aromatic rings. The number of nitrogens with one attached hydrogen (secondary N) is 2. The third kappa shape index (κ3) is 6.93. The van der Waals surface area contributed by atoms with Gasteiger partial charge in [-0.25, -0.2) is 4.79 Å². The number of ether oxygens (including phenoxy) is 1. The molecule has 29 heavy (non-hydrogen) atoms. The van der Waals surface area contributed by atoms with Crippen molar-refractivity contribution in [1.82, 2.24) is 20.4 Å². The summed E-state index contributed by atoms with van der Waals surface area (Å²) in [5, 5.41) is 10.1. The van der Waals surface area contributed by atoms with E-state index in [-0.39, 0.29) is 17.9 Å². The zero-order valence-corrected chi connectivity index (χ0v) is 18.2. The van der Waals surface area contributed by atoms with Gasteiger partial charge in [-0.05, 0) is 39.2 Å². The average Bonchev–Trinajstić information content (AvgIpc) is 2.98. The van der Waals surface area contributed by atoms with Gasteiger partial charge in [0, 0.05) is 12.2 Å². The number of aromatic nitrogens is 2. The summed E-state index contributed by atoms with van der Waals surface area (Å²) >= 11 is 0. The summed E-state index contributed by atoms with van der Waals surface area (Å²) in [6.45, 7) is 12.2. The number of nitrogens with zero attached hydrogens (tertiary/aromatic N) is 2. The van der Waals surface area contributed by atoms with Crippen molar-refractivity contribution in [2.24, 2.45) is 5.92 Å². The molecule has 1 atom stereocenters. The Hall–Kier alpha value is -2.83. The number of carbonyl (C=O) groups excluding carboxylic acids is 2. The van der Waals surface area contributed by atoms with Crippen LogP contribution in [0.3, 0.4) is 0 Å². The van der Waals surface area contributed by atoms with Gasteiger partial charge < -0.3 is 15.4 Å². The average molecular weight is 401 g/mol. The quantitative estimate of drug-likeness (QED) is 0.745. The van der Waals surface area contributed by atoms with Gasteiger partial charge in [-0.15, -0.1) is 0 Å². The molecular weight excluding hydrogens is 368 g/mol. The first kappa shape index (κ1) is 22.5. The molecule has 1 unspecified atom stereocenters. The third-order valence-electron chi connectivity index (χ3n) is 4.51. The van der Waals surface area contributed by atoms with Crippen molar-refractivity contribution in [3.63, 3.8) is 0 Å². The molecule has 2 N–H and O–H groups in total. The van der Waals surface area contributed by atoms with Crippen LogP contribution in [-0.4, -0.2) is 40.0 Å². The Morgan fingerprint density at radius 1 is 1.17 bits per heavy atom. The van der Waals surface area contributed by atoms with Crippen LogP contribution in [0.1, 0.15) is 56.2 Å². The second-order valence-corrected chi connectivity index (χ2v) is 8.49. The van der Waals surface area contributed by atoms with Crippen LogP contribution in [-0.2, 0) is 11.3 Å². The van der Waals surface area contributed by atoms with Gasteiger partial charge in [0.05, 0.1) is 24.3 Å². The number of amides is 2. The first-order valence-corrected chi connectivity index (χ1v) is 9.91. The molecule has 0 saturated carbocycles. The number of rotatable bonds is 7. The standard InChI is InChI=1S/C22H32N4O3/c1-15(2)19(25-21(28)29-22(4,5)6)13-23-20(27)18-12-24-26(16(18)3)14-17-10-8-7-9-11-17/h7-12,15,19H,13-14H2,1-6H3,(H,23,27)(H,25,28). The fourth-order valence-corrected chi connectivity index (χ4v) is 2.80. The molecule has 158 valence electrons. The van der Waals surface area contributed by atoms with Crippen LogP contribution in [0, 0.1) is 12.8 Å². The van der Waals surface area contributed by atoms with Crippen molar-refractivity contribution >= 4 is 12.0 Å². The first-order chi connectivity index (χ1) is 13.6. The molecular formula is C22H32N4O3. The van der Waals surface area contributed by atoms with Gasteiger partial charge in [0.1, 0.15) is 5.60 Å². The van der Waals surface area contributed by atoms with E-state index in [1.165, 1.54) is 0 Å². The van der Waals surface area contributed by atoms with Crippen LogP contribution in [0.5, 0.6) is 0 Å². The molecule has 0 aliphatic rings. The van der Waals surface area contributed by atoms with Crippen molar-refractivity contribution in [2.45, 2.75) is 59.7 Å². The first-order valence-electron chi connectivity index (χ1n) is 9.91. The minimum absolute atomic E-state index is 0.129. The van der Waals surface area contributed by atoms with E-state index in [0.29, 0.717) is 18.7 Å². The Morgan fingerprint density at radius 3 is 2.41 bits per heavy atom. The molecule has 1 heterocycles. The lowest BCUT2D eigenvalue weighted by Gasteiger charge is -2.26. The lowest BCUT2D eigenvalue weighted by Crippen LogP contribution is -2.48. The van der Waals surface area contributed by atoms with Crippen molar-refractivity contribution in [2.75, 3.05) is 6.54 Å². The maximum absolute atomic E-state index is 12.7. The van der Waals surface area contributed by atoms with E-state index in [2.05, 4.69) is 15.7 Å². The fourth-order valence-electron chi connectivity index (χ4n) is 2.80. The lowest BCUT2D eigenvalue weighted by molar-refractivity contribution is 0.0487. The summed E-state index contributed by atoms with van der Waals surface area (Å²) in [7, 11) is 0. The van der Waals surface area contributed by atoms with Gasteiger partial charge in [-0.2, -0.15) is 5.10 Å². The van der Waals surface area contributed by atoms with E-state index in [1.807, 2.05) is 76.6 Å². The normalized spacial score (nSPS) is 12.5. The zero-order valence-electron chi connectivity index (χ0n) is 18.2. The molecule has 0 saturated heterocycles. The maximum Gasteiger partial charge on any atom is 0.407 e. The highest BCUT2D eigenvalue weighted by molar-refractivity contribution is 5.95. The second kappa shape index (κ2) is 9.58.